The predicted molar refractivity (Wildman–Crippen MR) is 105 cm³/mol. The number of hydrogen-bond donors (Lipinski definition) is 0. The molecule has 0 N–H and O–H groups in total. The van der Waals surface area contributed by atoms with Gasteiger partial charge in [-0.3, -0.25) is 4.98 Å². The van der Waals surface area contributed by atoms with Crippen molar-refractivity contribution in [2.75, 3.05) is 0 Å². The number of hydrogen-bond acceptors (Lipinski definition) is 1. The van der Waals surface area contributed by atoms with E-state index in [1.165, 1.54) is 5.56 Å². The van der Waals surface area contributed by atoms with Gasteiger partial charge in [-0.1, -0.05) is 77.1 Å². The van der Waals surface area contributed by atoms with Gasteiger partial charge in [-0.15, -0.1) is 0 Å². The molecule has 1 heterocycles. The van der Waals surface area contributed by atoms with Gasteiger partial charge in [-0.2, -0.15) is 0 Å². The fourth-order valence-corrected chi connectivity index (χ4v) is 2.76. The quantitative estimate of drug-likeness (QED) is 0.736. The van der Waals surface area contributed by atoms with Gasteiger partial charge in [-0.05, 0) is 34.4 Å². The molecule has 2 rings (SSSR count). The molecule has 1 nitrogen and oxygen atoms in total. The SMILES string of the molecule is [B]C([B])(c1cnc(-c2ccccc2)cc1CC(C)(C)C)C(C)(C)C. The van der Waals surface area contributed by atoms with Crippen molar-refractivity contribution in [3.8, 4) is 11.3 Å². The van der Waals surface area contributed by atoms with Crippen molar-refractivity contribution >= 4 is 15.7 Å². The van der Waals surface area contributed by atoms with Crippen molar-refractivity contribution in [1.82, 2.24) is 4.98 Å². The second kappa shape index (κ2) is 6.43. The molecular formula is C21H27B2N. The Bertz CT molecular complexity index is 692. The minimum Gasteiger partial charge on any atom is -0.256 e. The molecule has 0 atom stereocenters. The summed E-state index contributed by atoms with van der Waals surface area (Å²) < 4.78 is 0. The molecule has 1 aromatic heterocycles. The van der Waals surface area contributed by atoms with Gasteiger partial charge in [0, 0.05) is 11.8 Å². The average Bonchev–Trinajstić information content (AvgIpc) is 2.45. The third-order valence-corrected chi connectivity index (χ3v) is 4.47. The van der Waals surface area contributed by atoms with Crippen LogP contribution in [-0.4, -0.2) is 20.7 Å². The number of pyridine rings is 1. The van der Waals surface area contributed by atoms with Crippen LogP contribution >= 0.6 is 0 Å². The van der Waals surface area contributed by atoms with E-state index in [-0.39, 0.29) is 10.8 Å². The molecule has 0 spiro atoms. The zero-order valence-electron chi connectivity index (χ0n) is 15.9. The average molecular weight is 315 g/mol. The van der Waals surface area contributed by atoms with Crippen molar-refractivity contribution in [2.24, 2.45) is 10.8 Å². The summed E-state index contributed by atoms with van der Waals surface area (Å²) in [5, 5.41) is -0.935. The molecule has 3 heteroatoms. The van der Waals surface area contributed by atoms with E-state index < -0.39 is 5.21 Å². The number of rotatable bonds is 3. The van der Waals surface area contributed by atoms with Crippen molar-refractivity contribution in [3.05, 3.63) is 53.7 Å². The molecule has 0 unspecified atom stereocenters. The van der Waals surface area contributed by atoms with Gasteiger partial charge in [0.25, 0.3) is 0 Å². The standard InChI is InChI=1S/C21H27B2N/c1-19(2,3)13-16-12-18(15-10-8-7-9-11-15)24-14-17(16)21(22,23)20(4,5)6/h7-12,14H,13H2,1-6H3. The van der Waals surface area contributed by atoms with E-state index in [9.17, 15) is 0 Å². The summed E-state index contributed by atoms with van der Waals surface area (Å²) in [4.78, 5) is 4.66. The van der Waals surface area contributed by atoms with Gasteiger partial charge in [0.2, 0.25) is 0 Å². The van der Waals surface area contributed by atoms with Gasteiger partial charge in [0.05, 0.1) is 21.4 Å². The Morgan fingerprint density at radius 3 is 2.00 bits per heavy atom. The van der Waals surface area contributed by atoms with Crippen LogP contribution in [0.5, 0.6) is 0 Å². The Kier molecular flexibility index (Phi) is 5.04. The highest BCUT2D eigenvalue weighted by Crippen LogP contribution is 2.39. The smallest absolute Gasteiger partial charge is 0.0704 e. The summed E-state index contributed by atoms with van der Waals surface area (Å²) in [7, 11) is 13.1. The van der Waals surface area contributed by atoms with E-state index in [1.807, 2.05) is 24.4 Å². The monoisotopic (exact) mass is 315 g/mol. The first-order chi connectivity index (χ1) is 10.9. The van der Waals surface area contributed by atoms with Gasteiger partial charge in [0.1, 0.15) is 0 Å². The molecule has 0 aliphatic carbocycles. The van der Waals surface area contributed by atoms with E-state index >= 15 is 0 Å². The van der Waals surface area contributed by atoms with Crippen LogP contribution in [0.15, 0.2) is 42.6 Å². The van der Waals surface area contributed by atoms with Crippen LogP contribution < -0.4 is 0 Å². The lowest BCUT2D eigenvalue weighted by Gasteiger charge is -2.42. The lowest BCUT2D eigenvalue weighted by atomic mass is 9.40. The zero-order chi connectivity index (χ0) is 18.2. The molecule has 0 aliphatic rings. The van der Waals surface area contributed by atoms with Crippen molar-refractivity contribution in [3.63, 3.8) is 0 Å². The van der Waals surface area contributed by atoms with Gasteiger partial charge in [-0.25, -0.2) is 0 Å². The van der Waals surface area contributed by atoms with Crippen LogP contribution in [0.4, 0.5) is 0 Å². The van der Waals surface area contributed by atoms with Crippen LogP contribution in [0.3, 0.4) is 0 Å². The summed E-state index contributed by atoms with van der Waals surface area (Å²) in [5.41, 5.74) is 4.05. The molecule has 0 amide bonds. The van der Waals surface area contributed by atoms with E-state index in [1.54, 1.807) is 0 Å². The highest BCUT2D eigenvalue weighted by Gasteiger charge is 2.35. The number of benzene rings is 1. The Morgan fingerprint density at radius 1 is 0.917 bits per heavy atom. The molecule has 122 valence electrons. The summed E-state index contributed by atoms with van der Waals surface area (Å²) in [6.45, 7) is 12.9. The van der Waals surface area contributed by atoms with E-state index in [2.05, 4.69) is 64.7 Å². The summed E-state index contributed by atoms with van der Waals surface area (Å²) in [6.07, 6.45) is 2.77. The third kappa shape index (κ3) is 4.12. The topological polar surface area (TPSA) is 12.9 Å². The first kappa shape index (κ1) is 18.8. The summed E-state index contributed by atoms with van der Waals surface area (Å²) in [5.74, 6) is 0. The Labute approximate surface area is 150 Å². The molecule has 0 saturated carbocycles. The fourth-order valence-electron chi connectivity index (χ4n) is 2.76. The zero-order valence-corrected chi connectivity index (χ0v) is 15.9. The lowest BCUT2D eigenvalue weighted by molar-refractivity contribution is 0.350. The summed E-state index contributed by atoms with van der Waals surface area (Å²) in [6, 6.07) is 12.4. The second-order valence-corrected chi connectivity index (χ2v) is 8.95. The maximum absolute atomic E-state index is 6.56. The maximum Gasteiger partial charge on any atom is 0.0704 e. The highest BCUT2D eigenvalue weighted by molar-refractivity contribution is 6.40. The van der Waals surface area contributed by atoms with Gasteiger partial charge >= 0.3 is 0 Å². The molecule has 0 fully saturated rings. The van der Waals surface area contributed by atoms with Gasteiger partial charge < -0.3 is 0 Å². The van der Waals surface area contributed by atoms with Crippen LogP contribution in [0.1, 0.15) is 52.7 Å². The van der Waals surface area contributed by atoms with Crippen molar-refractivity contribution in [2.45, 2.75) is 53.2 Å². The minimum absolute atomic E-state index is 0.137. The molecule has 4 radical (unpaired) electrons. The second-order valence-electron chi connectivity index (χ2n) is 8.95. The molecule has 0 aliphatic heterocycles. The largest absolute Gasteiger partial charge is 0.256 e. The Hall–Kier alpha value is -1.50. The third-order valence-electron chi connectivity index (χ3n) is 4.47. The van der Waals surface area contributed by atoms with Crippen LogP contribution in [0, 0.1) is 10.8 Å². The van der Waals surface area contributed by atoms with E-state index in [0.29, 0.717) is 0 Å². The summed E-state index contributed by atoms with van der Waals surface area (Å²) >= 11 is 0. The first-order valence-corrected chi connectivity index (χ1v) is 8.54. The molecule has 0 bridgehead atoms. The van der Waals surface area contributed by atoms with Crippen LogP contribution in [0.2, 0.25) is 0 Å². The Balaban J connectivity index is 2.60. The minimum atomic E-state index is -0.935. The normalized spacial score (nSPS) is 13.1. The first-order valence-electron chi connectivity index (χ1n) is 8.54. The molecular weight excluding hydrogens is 288 g/mol. The number of nitrogens with zero attached hydrogens (tertiary/aromatic N) is 1. The van der Waals surface area contributed by atoms with Crippen LogP contribution in [0.25, 0.3) is 11.3 Å². The van der Waals surface area contributed by atoms with Crippen molar-refractivity contribution < 1.29 is 0 Å². The molecule has 24 heavy (non-hydrogen) atoms. The lowest BCUT2D eigenvalue weighted by Crippen LogP contribution is -2.42. The highest BCUT2D eigenvalue weighted by atomic mass is 14.7. The van der Waals surface area contributed by atoms with Crippen molar-refractivity contribution in [1.29, 1.82) is 0 Å². The van der Waals surface area contributed by atoms with E-state index in [4.69, 9.17) is 15.7 Å². The molecule has 2 aromatic rings. The molecule has 0 saturated heterocycles. The van der Waals surface area contributed by atoms with Crippen LogP contribution in [-0.2, 0) is 11.6 Å². The maximum atomic E-state index is 6.56. The Morgan fingerprint density at radius 2 is 1.50 bits per heavy atom. The van der Waals surface area contributed by atoms with E-state index in [0.717, 1.165) is 23.2 Å². The molecule has 1 aromatic carbocycles. The number of aromatic nitrogens is 1. The fraction of sp³-hybridized carbons (Fsp3) is 0.476. The predicted octanol–water partition coefficient (Wildman–Crippen LogP) is 4.87. The van der Waals surface area contributed by atoms with Gasteiger partial charge in [0.15, 0.2) is 0 Å².